The van der Waals surface area contributed by atoms with E-state index in [4.69, 9.17) is 0 Å². The summed E-state index contributed by atoms with van der Waals surface area (Å²) in [6.45, 7) is 6.94. The number of unbranched alkanes of at least 4 members (excludes halogenated alkanes) is 12. The van der Waals surface area contributed by atoms with E-state index < -0.39 is 0 Å². The molecule has 0 heteroatoms. The van der Waals surface area contributed by atoms with Gasteiger partial charge in [0.2, 0.25) is 0 Å². The van der Waals surface area contributed by atoms with Crippen molar-refractivity contribution in [3.63, 3.8) is 0 Å². The molecule has 0 fully saturated rings. The Kier molecular flexibility index (Phi) is 17.6. The molecule has 0 spiro atoms. The van der Waals surface area contributed by atoms with Crippen LogP contribution in [0.4, 0.5) is 0 Å². The van der Waals surface area contributed by atoms with E-state index in [0.717, 1.165) is 5.92 Å². The van der Waals surface area contributed by atoms with Gasteiger partial charge >= 0.3 is 0 Å². The number of rotatable bonds is 16. The second-order valence-corrected chi connectivity index (χ2v) is 7.12. The lowest BCUT2D eigenvalue weighted by Gasteiger charge is -2.04. The fourth-order valence-corrected chi connectivity index (χ4v) is 2.80. The van der Waals surface area contributed by atoms with E-state index in [2.05, 4.69) is 32.9 Å². The van der Waals surface area contributed by atoms with E-state index >= 15 is 0 Å². The molecule has 0 aromatic heterocycles. The second-order valence-electron chi connectivity index (χ2n) is 7.12. The van der Waals surface area contributed by atoms with Crippen LogP contribution in [0.3, 0.4) is 0 Å². The van der Waals surface area contributed by atoms with Crippen LogP contribution >= 0.6 is 0 Å². The third-order valence-electron chi connectivity index (χ3n) is 4.29. The van der Waals surface area contributed by atoms with Gasteiger partial charge in [0, 0.05) is 0 Å². The van der Waals surface area contributed by atoms with E-state index in [0.29, 0.717) is 0 Å². The monoisotopic (exact) mass is 294 g/mol. The highest BCUT2D eigenvalue weighted by Crippen LogP contribution is 2.13. The summed E-state index contributed by atoms with van der Waals surface area (Å²) in [6.07, 6.45) is 26.0. The Morgan fingerprint density at radius 1 is 0.571 bits per heavy atom. The molecule has 0 amide bonds. The largest absolute Gasteiger partial charge is 0.0885 e. The summed E-state index contributed by atoms with van der Waals surface area (Å²) in [7, 11) is 0. The Balaban J connectivity index is 3.02. The Labute approximate surface area is 135 Å². The zero-order valence-corrected chi connectivity index (χ0v) is 15.3. The molecule has 0 aromatic rings. The topological polar surface area (TPSA) is 0 Å². The van der Waals surface area contributed by atoms with Crippen LogP contribution in [0.25, 0.3) is 0 Å². The van der Waals surface area contributed by atoms with Crippen molar-refractivity contribution in [2.45, 2.75) is 117 Å². The predicted molar refractivity (Wildman–Crippen MR) is 98.9 cm³/mol. The third-order valence-corrected chi connectivity index (χ3v) is 4.29. The van der Waals surface area contributed by atoms with Crippen molar-refractivity contribution in [2.24, 2.45) is 5.92 Å². The molecule has 0 rings (SSSR count). The Hall–Kier alpha value is -0.260. The molecular formula is C21H42. The van der Waals surface area contributed by atoms with Gasteiger partial charge in [0.25, 0.3) is 0 Å². The summed E-state index contributed by atoms with van der Waals surface area (Å²) in [5.74, 6) is 0.894. The summed E-state index contributed by atoms with van der Waals surface area (Å²) in [6, 6.07) is 0. The molecule has 0 nitrogen and oxygen atoms in total. The standard InChI is InChI=1S/C21H42/c1-4-5-6-7-8-9-10-11-12-13-14-15-16-17-18-19-20-21(2)3/h8-9,21H,4-7,10-20H2,1-3H3. The molecule has 0 aromatic carbocycles. The molecule has 0 heterocycles. The van der Waals surface area contributed by atoms with Crippen molar-refractivity contribution in [3.8, 4) is 0 Å². The Bertz CT molecular complexity index is 202. The molecule has 0 aliphatic rings. The zero-order valence-electron chi connectivity index (χ0n) is 15.3. The van der Waals surface area contributed by atoms with Crippen LogP contribution in [-0.2, 0) is 0 Å². The van der Waals surface area contributed by atoms with Crippen molar-refractivity contribution in [3.05, 3.63) is 12.2 Å². The third kappa shape index (κ3) is 19.7. The molecule has 0 aliphatic heterocycles. The van der Waals surface area contributed by atoms with Gasteiger partial charge in [-0.05, 0) is 31.6 Å². The lowest BCUT2D eigenvalue weighted by molar-refractivity contribution is 0.506. The van der Waals surface area contributed by atoms with E-state index in [9.17, 15) is 0 Å². The maximum absolute atomic E-state index is 2.41. The zero-order chi connectivity index (χ0) is 15.6. The molecule has 0 saturated carbocycles. The first kappa shape index (κ1) is 20.7. The van der Waals surface area contributed by atoms with Crippen LogP contribution < -0.4 is 0 Å². The van der Waals surface area contributed by atoms with Gasteiger partial charge in [0.15, 0.2) is 0 Å². The van der Waals surface area contributed by atoms with Gasteiger partial charge < -0.3 is 0 Å². The lowest BCUT2D eigenvalue weighted by Crippen LogP contribution is -1.87. The molecule has 0 N–H and O–H groups in total. The first-order valence-corrected chi connectivity index (χ1v) is 9.92. The number of hydrogen-bond donors (Lipinski definition) is 0. The average molecular weight is 295 g/mol. The fourth-order valence-electron chi connectivity index (χ4n) is 2.80. The minimum atomic E-state index is 0.894. The maximum atomic E-state index is 2.41. The van der Waals surface area contributed by atoms with Crippen LogP contribution in [0.1, 0.15) is 117 Å². The fraction of sp³-hybridized carbons (Fsp3) is 0.905. The lowest BCUT2D eigenvalue weighted by atomic mass is 10.0. The molecule has 0 saturated heterocycles. The van der Waals surface area contributed by atoms with Crippen molar-refractivity contribution < 1.29 is 0 Å². The molecule has 0 atom stereocenters. The molecule has 0 unspecified atom stereocenters. The normalized spacial score (nSPS) is 11.8. The Morgan fingerprint density at radius 3 is 1.48 bits per heavy atom. The van der Waals surface area contributed by atoms with Crippen molar-refractivity contribution >= 4 is 0 Å². The maximum Gasteiger partial charge on any atom is -0.0351 e. The molecule has 21 heavy (non-hydrogen) atoms. The highest BCUT2D eigenvalue weighted by atomic mass is 14.0. The van der Waals surface area contributed by atoms with Crippen LogP contribution in [0, 0.1) is 5.92 Å². The highest BCUT2D eigenvalue weighted by molar-refractivity contribution is 4.81. The number of allylic oxidation sites excluding steroid dienone is 2. The molecule has 126 valence electrons. The van der Waals surface area contributed by atoms with Gasteiger partial charge in [-0.3, -0.25) is 0 Å². The summed E-state index contributed by atoms with van der Waals surface area (Å²) in [5, 5.41) is 0. The summed E-state index contributed by atoms with van der Waals surface area (Å²) < 4.78 is 0. The quantitative estimate of drug-likeness (QED) is 0.199. The molecular weight excluding hydrogens is 252 g/mol. The van der Waals surface area contributed by atoms with Gasteiger partial charge in [-0.25, -0.2) is 0 Å². The van der Waals surface area contributed by atoms with Crippen molar-refractivity contribution in [1.29, 1.82) is 0 Å². The minimum Gasteiger partial charge on any atom is -0.0885 e. The van der Waals surface area contributed by atoms with Crippen LogP contribution in [0.5, 0.6) is 0 Å². The van der Waals surface area contributed by atoms with Crippen LogP contribution in [0.2, 0.25) is 0 Å². The van der Waals surface area contributed by atoms with Gasteiger partial charge in [-0.15, -0.1) is 0 Å². The molecule has 0 bridgehead atoms. The first-order chi connectivity index (χ1) is 10.3. The van der Waals surface area contributed by atoms with Gasteiger partial charge in [-0.1, -0.05) is 104 Å². The van der Waals surface area contributed by atoms with Gasteiger partial charge in [-0.2, -0.15) is 0 Å². The van der Waals surface area contributed by atoms with Crippen LogP contribution in [-0.4, -0.2) is 0 Å². The smallest absolute Gasteiger partial charge is 0.0351 e. The van der Waals surface area contributed by atoms with E-state index in [-0.39, 0.29) is 0 Å². The second kappa shape index (κ2) is 17.8. The van der Waals surface area contributed by atoms with Crippen LogP contribution in [0.15, 0.2) is 12.2 Å². The minimum absolute atomic E-state index is 0.894. The van der Waals surface area contributed by atoms with E-state index in [1.54, 1.807) is 0 Å². The van der Waals surface area contributed by atoms with E-state index in [1.807, 2.05) is 0 Å². The molecule has 0 radical (unpaired) electrons. The van der Waals surface area contributed by atoms with Crippen molar-refractivity contribution in [1.82, 2.24) is 0 Å². The highest BCUT2D eigenvalue weighted by Gasteiger charge is 1.95. The number of hydrogen-bond acceptors (Lipinski definition) is 0. The summed E-state index contributed by atoms with van der Waals surface area (Å²) >= 11 is 0. The van der Waals surface area contributed by atoms with Gasteiger partial charge in [0.05, 0.1) is 0 Å². The predicted octanol–water partition coefficient (Wildman–Crippen LogP) is 8.07. The SMILES string of the molecule is CCCCCC=CCCCCCCCCCCCC(C)C. The summed E-state index contributed by atoms with van der Waals surface area (Å²) in [5.41, 5.74) is 0. The van der Waals surface area contributed by atoms with E-state index in [1.165, 1.54) is 96.3 Å². The Morgan fingerprint density at radius 2 is 1.00 bits per heavy atom. The van der Waals surface area contributed by atoms with Crippen molar-refractivity contribution in [2.75, 3.05) is 0 Å². The molecule has 0 aliphatic carbocycles. The average Bonchev–Trinajstić information content (AvgIpc) is 2.46. The van der Waals surface area contributed by atoms with Gasteiger partial charge in [0.1, 0.15) is 0 Å². The first-order valence-electron chi connectivity index (χ1n) is 9.92. The summed E-state index contributed by atoms with van der Waals surface area (Å²) in [4.78, 5) is 0.